The molecule has 3 aromatic rings. The first-order valence-electron chi connectivity index (χ1n) is 7.06. The van der Waals surface area contributed by atoms with E-state index in [1.165, 1.54) is 12.5 Å². The van der Waals surface area contributed by atoms with Gasteiger partial charge in [-0.2, -0.15) is 5.10 Å². The van der Waals surface area contributed by atoms with Crippen LogP contribution in [0.3, 0.4) is 0 Å². The number of amides is 1. The van der Waals surface area contributed by atoms with Crippen LogP contribution >= 0.6 is 0 Å². The van der Waals surface area contributed by atoms with Gasteiger partial charge in [-0.05, 0) is 31.2 Å². The molecule has 0 spiro atoms. The number of benzene rings is 2. The number of carbonyl (C=O) groups is 1. The third-order valence-electron chi connectivity index (χ3n) is 3.36. The second-order valence-electron chi connectivity index (χ2n) is 5.08. The van der Waals surface area contributed by atoms with Crippen molar-refractivity contribution < 1.29 is 9.21 Å². The Morgan fingerprint density at radius 3 is 2.83 bits per heavy atom. The molecular formula is C18H14N2O3. The molecule has 0 unspecified atom stereocenters. The molecule has 0 aliphatic carbocycles. The summed E-state index contributed by atoms with van der Waals surface area (Å²) in [6, 6.07) is 14.1. The molecule has 0 radical (unpaired) electrons. The Morgan fingerprint density at radius 1 is 1.17 bits per heavy atom. The third-order valence-corrected chi connectivity index (χ3v) is 3.36. The van der Waals surface area contributed by atoms with Crippen LogP contribution in [0.4, 0.5) is 0 Å². The maximum absolute atomic E-state index is 12.3. The Morgan fingerprint density at radius 2 is 2.00 bits per heavy atom. The van der Waals surface area contributed by atoms with Crippen LogP contribution in [-0.2, 0) is 0 Å². The molecule has 114 valence electrons. The highest BCUT2D eigenvalue weighted by molar-refractivity contribution is 5.95. The predicted octanol–water partition coefficient (Wildman–Crippen LogP) is 2.87. The lowest BCUT2D eigenvalue weighted by Gasteiger charge is -2.01. The van der Waals surface area contributed by atoms with Crippen LogP contribution in [0, 0.1) is 6.92 Å². The molecule has 0 aliphatic heterocycles. The van der Waals surface area contributed by atoms with Crippen LogP contribution in [0.15, 0.2) is 69.1 Å². The second kappa shape index (κ2) is 6.27. The molecule has 0 saturated heterocycles. The highest BCUT2D eigenvalue weighted by Gasteiger charge is 2.06. The number of aryl methyl sites for hydroxylation is 1. The smallest absolute Gasteiger partial charge is 0.271 e. The Labute approximate surface area is 132 Å². The average molecular weight is 306 g/mol. The van der Waals surface area contributed by atoms with Crippen LogP contribution in [-0.4, -0.2) is 12.1 Å². The van der Waals surface area contributed by atoms with E-state index >= 15 is 0 Å². The molecule has 23 heavy (non-hydrogen) atoms. The number of para-hydroxylation sites is 1. The Balaban J connectivity index is 1.79. The van der Waals surface area contributed by atoms with E-state index in [-0.39, 0.29) is 16.9 Å². The summed E-state index contributed by atoms with van der Waals surface area (Å²) in [5, 5.41) is 4.30. The van der Waals surface area contributed by atoms with Gasteiger partial charge in [-0.15, -0.1) is 0 Å². The minimum atomic E-state index is -0.338. The first-order chi connectivity index (χ1) is 11.1. The monoisotopic (exact) mass is 306 g/mol. The Hall–Kier alpha value is -3.21. The summed E-state index contributed by atoms with van der Waals surface area (Å²) in [7, 11) is 0. The highest BCUT2D eigenvalue weighted by Crippen LogP contribution is 2.09. The van der Waals surface area contributed by atoms with Crippen molar-refractivity contribution >= 4 is 23.1 Å². The van der Waals surface area contributed by atoms with Crippen molar-refractivity contribution in [1.82, 2.24) is 5.43 Å². The zero-order valence-electron chi connectivity index (χ0n) is 12.4. The summed E-state index contributed by atoms with van der Waals surface area (Å²) >= 11 is 0. The standard InChI is InChI=1S/C18H14N2O3/c1-12-5-4-6-13(9-12)18(22)20-19-10-14-11-23-16-8-3-2-7-15(16)17(14)21/h2-11H,1H3,(H,20,22). The van der Waals surface area contributed by atoms with Crippen LogP contribution in [0.25, 0.3) is 11.0 Å². The topological polar surface area (TPSA) is 71.7 Å². The van der Waals surface area contributed by atoms with Crippen molar-refractivity contribution in [2.75, 3.05) is 0 Å². The number of hydrazone groups is 1. The summed E-state index contributed by atoms with van der Waals surface area (Å²) in [5.74, 6) is -0.338. The normalized spacial score (nSPS) is 11.0. The lowest BCUT2D eigenvalue weighted by atomic mass is 10.1. The maximum Gasteiger partial charge on any atom is 0.271 e. The molecule has 0 bridgehead atoms. The van der Waals surface area contributed by atoms with E-state index in [4.69, 9.17) is 4.42 Å². The SMILES string of the molecule is Cc1cccc(C(=O)NN=Cc2coc3ccccc3c2=O)c1. The van der Waals surface area contributed by atoms with E-state index in [0.717, 1.165) is 5.56 Å². The van der Waals surface area contributed by atoms with E-state index in [0.29, 0.717) is 16.5 Å². The molecule has 0 aliphatic rings. The molecular weight excluding hydrogens is 292 g/mol. The van der Waals surface area contributed by atoms with Gasteiger partial charge in [0.25, 0.3) is 5.91 Å². The lowest BCUT2D eigenvalue weighted by Crippen LogP contribution is -2.18. The molecule has 2 aromatic carbocycles. The summed E-state index contributed by atoms with van der Waals surface area (Å²) < 4.78 is 5.38. The van der Waals surface area contributed by atoms with Crippen LogP contribution in [0.1, 0.15) is 21.5 Å². The molecule has 1 aromatic heterocycles. The van der Waals surface area contributed by atoms with Gasteiger partial charge in [0.2, 0.25) is 5.43 Å². The van der Waals surface area contributed by atoms with Crippen LogP contribution in [0.2, 0.25) is 0 Å². The van der Waals surface area contributed by atoms with Gasteiger partial charge < -0.3 is 4.42 Å². The van der Waals surface area contributed by atoms with Gasteiger partial charge in [0, 0.05) is 5.56 Å². The summed E-state index contributed by atoms with van der Waals surface area (Å²) in [6.07, 6.45) is 2.61. The zero-order chi connectivity index (χ0) is 16.2. The van der Waals surface area contributed by atoms with Crippen molar-refractivity contribution in [2.45, 2.75) is 6.92 Å². The molecule has 5 nitrogen and oxygen atoms in total. The van der Waals surface area contributed by atoms with Crippen LogP contribution in [0.5, 0.6) is 0 Å². The van der Waals surface area contributed by atoms with Crippen molar-refractivity contribution in [3.8, 4) is 0 Å². The van der Waals surface area contributed by atoms with Gasteiger partial charge in [-0.1, -0.05) is 29.8 Å². The fraction of sp³-hybridized carbons (Fsp3) is 0.0556. The van der Waals surface area contributed by atoms with E-state index in [1.807, 2.05) is 13.0 Å². The molecule has 1 N–H and O–H groups in total. The predicted molar refractivity (Wildman–Crippen MR) is 88.7 cm³/mol. The molecule has 1 amide bonds. The minimum absolute atomic E-state index is 0.194. The number of nitrogens with zero attached hydrogens (tertiary/aromatic N) is 1. The summed E-state index contributed by atoms with van der Waals surface area (Å²) in [4.78, 5) is 24.2. The molecule has 0 saturated carbocycles. The van der Waals surface area contributed by atoms with Crippen molar-refractivity contribution in [2.24, 2.45) is 5.10 Å². The van der Waals surface area contributed by atoms with Gasteiger partial charge in [0.05, 0.1) is 17.2 Å². The van der Waals surface area contributed by atoms with E-state index in [2.05, 4.69) is 10.5 Å². The van der Waals surface area contributed by atoms with Gasteiger partial charge in [0.15, 0.2) is 0 Å². The molecule has 3 rings (SSSR count). The Bertz CT molecular complexity index is 958. The average Bonchev–Trinajstić information content (AvgIpc) is 2.57. The first-order valence-corrected chi connectivity index (χ1v) is 7.06. The second-order valence-corrected chi connectivity index (χ2v) is 5.08. The van der Waals surface area contributed by atoms with Crippen molar-refractivity contribution in [3.05, 3.63) is 81.7 Å². The van der Waals surface area contributed by atoms with Gasteiger partial charge >= 0.3 is 0 Å². The highest BCUT2D eigenvalue weighted by atomic mass is 16.3. The molecule has 5 heteroatoms. The van der Waals surface area contributed by atoms with E-state index in [9.17, 15) is 9.59 Å². The maximum atomic E-state index is 12.3. The fourth-order valence-electron chi connectivity index (χ4n) is 2.19. The van der Waals surface area contributed by atoms with Crippen molar-refractivity contribution in [3.63, 3.8) is 0 Å². The number of nitrogens with one attached hydrogen (secondary N) is 1. The lowest BCUT2D eigenvalue weighted by molar-refractivity contribution is 0.0955. The zero-order valence-corrected chi connectivity index (χ0v) is 12.4. The molecule has 0 atom stereocenters. The van der Waals surface area contributed by atoms with Gasteiger partial charge in [-0.25, -0.2) is 5.43 Å². The number of hydrogen-bond donors (Lipinski definition) is 1. The van der Waals surface area contributed by atoms with E-state index in [1.54, 1.807) is 42.5 Å². The summed E-state index contributed by atoms with van der Waals surface area (Å²) in [5.41, 5.74) is 4.48. The number of fused-ring (bicyclic) bond motifs is 1. The number of hydrogen-bond acceptors (Lipinski definition) is 4. The van der Waals surface area contributed by atoms with Crippen LogP contribution < -0.4 is 10.9 Å². The summed E-state index contributed by atoms with van der Waals surface area (Å²) in [6.45, 7) is 1.90. The largest absolute Gasteiger partial charge is 0.463 e. The van der Waals surface area contributed by atoms with Crippen molar-refractivity contribution in [1.29, 1.82) is 0 Å². The minimum Gasteiger partial charge on any atom is -0.463 e. The quantitative estimate of drug-likeness (QED) is 0.597. The van der Waals surface area contributed by atoms with Gasteiger partial charge in [-0.3, -0.25) is 9.59 Å². The first kappa shape index (κ1) is 14.7. The molecule has 1 heterocycles. The number of carbonyl (C=O) groups excluding carboxylic acids is 1. The fourth-order valence-corrected chi connectivity index (χ4v) is 2.19. The van der Waals surface area contributed by atoms with E-state index < -0.39 is 0 Å². The Kier molecular flexibility index (Phi) is 4.01. The third kappa shape index (κ3) is 3.18. The van der Waals surface area contributed by atoms with Gasteiger partial charge in [0.1, 0.15) is 11.8 Å². The number of rotatable bonds is 3. The molecule has 0 fully saturated rings.